The summed E-state index contributed by atoms with van der Waals surface area (Å²) in [4.78, 5) is 0. The fourth-order valence-electron chi connectivity index (χ4n) is 1.02. The molecule has 1 rings (SSSR count). The third kappa shape index (κ3) is 2.40. The highest BCUT2D eigenvalue weighted by Gasteiger charge is 2.01. The van der Waals surface area contributed by atoms with E-state index in [4.69, 9.17) is 4.74 Å². The van der Waals surface area contributed by atoms with Crippen molar-refractivity contribution in [3.8, 4) is 0 Å². The van der Waals surface area contributed by atoms with Crippen LogP contribution in [0.2, 0.25) is 0 Å². The zero-order valence-electron chi connectivity index (χ0n) is 6.52. The lowest BCUT2D eigenvalue weighted by molar-refractivity contribution is 0.218. The largest absolute Gasteiger partial charge is 0.497 e. The van der Waals surface area contributed by atoms with Crippen molar-refractivity contribution in [1.82, 2.24) is 5.32 Å². The van der Waals surface area contributed by atoms with Crippen LogP contribution >= 0.6 is 0 Å². The van der Waals surface area contributed by atoms with Gasteiger partial charge in [-0.1, -0.05) is 6.92 Å². The van der Waals surface area contributed by atoms with E-state index in [0.29, 0.717) is 0 Å². The maximum Gasteiger partial charge on any atom is 0.106 e. The lowest BCUT2D eigenvalue weighted by Gasteiger charge is -2.03. The van der Waals surface area contributed by atoms with Crippen LogP contribution in [0.25, 0.3) is 0 Å². The number of hydrogen-bond donors (Lipinski definition) is 1. The summed E-state index contributed by atoms with van der Waals surface area (Å²) in [6, 6.07) is 0. The third-order valence-electron chi connectivity index (χ3n) is 1.52. The van der Waals surface area contributed by atoms with Gasteiger partial charge in [0, 0.05) is 0 Å². The van der Waals surface area contributed by atoms with E-state index in [9.17, 15) is 0 Å². The predicted octanol–water partition coefficient (Wildman–Crippen LogP) is 1.29. The van der Waals surface area contributed by atoms with E-state index in [0.717, 1.165) is 38.3 Å². The van der Waals surface area contributed by atoms with E-state index >= 15 is 0 Å². The Morgan fingerprint density at radius 3 is 3.40 bits per heavy atom. The molecule has 0 aromatic heterocycles. The maximum absolute atomic E-state index is 5.44. The van der Waals surface area contributed by atoms with Gasteiger partial charge >= 0.3 is 0 Å². The first kappa shape index (κ1) is 7.61. The topological polar surface area (TPSA) is 21.3 Å². The smallest absolute Gasteiger partial charge is 0.106 e. The Kier molecular flexibility index (Phi) is 3.30. The van der Waals surface area contributed by atoms with Crippen molar-refractivity contribution in [3.05, 3.63) is 11.8 Å². The van der Waals surface area contributed by atoms with Crippen molar-refractivity contribution in [3.63, 3.8) is 0 Å². The molecule has 58 valence electrons. The summed E-state index contributed by atoms with van der Waals surface area (Å²) in [5.41, 5.74) is 0. The summed E-state index contributed by atoms with van der Waals surface area (Å²) in [5.74, 6) is 1.11. The molecule has 2 nitrogen and oxygen atoms in total. The van der Waals surface area contributed by atoms with E-state index in [-0.39, 0.29) is 0 Å². The molecular weight excluding hydrogens is 126 g/mol. The number of rotatable bonds is 1. The molecule has 10 heavy (non-hydrogen) atoms. The molecule has 0 saturated carbocycles. The van der Waals surface area contributed by atoms with Crippen LogP contribution in [0.4, 0.5) is 0 Å². The van der Waals surface area contributed by atoms with Crippen molar-refractivity contribution < 1.29 is 4.74 Å². The molecule has 0 aromatic rings. The van der Waals surface area contributed by atoms with Crippen LogP contribution < -0.4 is 5.32 Å². The molecule has 0 unspecified atom stereocenters. The Labute approximate surface area is 62.3 Å². The monoisotopic (exact) mass is 141 g/mol. The van der Waals surface area contributed by atoms with E-state index in [1.165, 1.54) is 0 Å². The quantitative estimate of drug-likeness (QED) is 0.594. The Bertz CT molecular complexity index is 110. The van der Waals surface area contributed by atoms with Gasteiger partial charge < -0.3 is 10.1 Å². The molecule has 0 radical (unpaired) electrons. The predicted molar refractivity (Wildman–Crippen MR) is 41.8 cm³/mol. The molecule has 1 aliphatic heterocycles. The van der Waals surface area contributed by atoms with E-state index < -0.39 is 0 Å². The number of ether oxygens (including phenoxy) is 1. The second-order valence-electron chi connectivity index (χ2n) is 2.46. The first-order valence-electron chi connectivity index (χ1n) is 3.96. The second kappa shape index (κ2) is 4.34. The normalized spacial score (nSPS) is 23.9. The molecular formula is C8H15NO. The molecule has 0 atom stereocenters. The van der Waals surface area contributed by atoms with Gasteiger partial charge in [0.25, 0.3) is 0 Å². The zero-order valence-corrected chi connectivity index (χ0v) is 6.52. The van der Waals surface area contributed by atoms with Gasteiger partial charge in [-0.3, -0.25) is 0 Å². The number of hydrogen-bond acceptors (Lipinski definition) is 2. The zero-order chi connectivity index (χ0) is 7.23. The molecule has 1 fully saturated rings. The van der Waals surface area contributed by atoms with Crippen molar-refractivity contribution >= 4 is 0 Å². The lowest BCUT2D eigenvalue weighted by Crippen LogP contribution is -2.15. The van der Waals surface area contributed by atoms with Crippen molar-refractivity contribution in [2.45, 2.75) is 19.8 Å². The first-order valence-corrected chi connectivity index (χ1v) is 3.96. The van der Waals surface area contributed by atoms with Crippen LogP contribution in [-0.2, 0) is 4.74 Å². The van der Waals surface area contributed by atoms with Gasteiger partial charge in [-0.05, 0) is 25.5 Å². The summed E-state index contributed by atoms with van der Waals surface area (Å²) >= 11 is 0. The summed E-state index contributed by atoms with van der Waals surface area (Å²) in [6.07, 6.45) is 4.33. The number of nitrogens with one attached hydrogen (secondary N) is 1. The lowest BCUT2D eigenvalue weighted by atomic mass is 10.4. The summed E-state index contributed by atoms with van der Waals surface area (Å²) in [5, 5.41) is 3.29. The van der Waals surface area contributed by atoms with E-state index in [2.05, 4.69) is 18.3 Å². The third-order valence-corrected chi connectivity index (χ3v) is 1.52. The van der Waals surface area contributed by atoms with Crippen molar-refractivity contribution in [2.75, 3.05) is 19.7 Å². The maximum atomic E-state index is 5.44. The highest BCUT2D eigenvalue weighted by Crippen LogP contribution is 2.01. The molecule has 2 heteroatoms. The van der Waals surface area contributed by atoms with Crippen LogP contribution in [-0.4, -0.2) is 19.7 Å². The van der Waals surface area contributed by atoms with Gasteiger partial charge in [-0.15, -0.1) is 0 Å². The van der Waals surface area contributed by atoms with Crippen LogP contribution in [0, 0.1) is 0 Å². The minimum absolute atomic E-state index is 0.874. The van der Waals surface area contributed by atoms with E-state index in [1.54, 1.807) is 0 Å². The average molecular weight is 141 g/mol. The molecule has 0 amide bonds. The highest BCUT2D eigenvalue weighted by atomic mass is 16.5. The first-order chi connectivity index (χ1) is 4.93. The van der Waals surface area contributed by atoms with Crippen LogP contribution in [0.15, 0.2) is 11.8 Å². The Balaban J connectivity index is 2.35. The molecule has 1 aliphatic rings. The Morgan fingerprint density at radius 1 is 1.70 bits per heavy atom. The standard InChI is InChI=1S/C8H15NO/c1-2-4-8-7-9-5-3-6-10-8/h4,9H,2-3,5-7H2,1H3. The van der Waals surface area contributed by atoms with Crippen LogP contribution in [0.5, 0.6) is 0 Å². The fraction of sp³-hybridized carbons (Fsp3) is 0.750. The molecule has 0 bridgehead atoms. The summed E-state index contributed by atoms with van der Waals surface area (Å²) in [6.45, 7) is 5.00. The average Bonchev–Trinajstić information content (AvgIpc) is 2.17. The molecule has 1 saturated heterocycles. The Hall–Kier alpha value is -0.500. The number of allylic oxidation sites excluding steroid dienone is 1. The van der Waals surface area contributed by atoms with Gasteiger partial charge in [0.05, 0.1) is 13.2 Å². The van der Waals surface area contributed by atoms with Crippen LogP contribution in [0.3, 0.4) is 0 Å². The molecule has 1 heterocycles. The van der Waals surface area contributed by atoms with Gasteiger partial charge in [-0.25, -0.2) is 0 Å². The summed E-state index contributed by atoms with van der Waals surface area (Å²) in [7, 11) is 0. The SMILES string of the molecule is CCC=C1CNCCCO1. The fourth-order valence-corrected chi connectivity index (χ4v) is 1.02. The second-order valence-corrected chi connectivity index (χ2v) is 2.46. The molecule has 0 aromatic carbocycles. The Morgan fingerprint density at radius 2 is 2.60 bits per heavy atom. The van der Waals surface area contributed by atoms with Crippen LogP contribution in [0.1, 0.15) is 19.8 Å². The summed E-state index contributed by atoms with van der Waals surface area (Å²) < 4.78 is 5.44. The van der Waals surface area contributed by atoms with Gasteiger partial charge in [0.15, 0.2) is 0 Å². The van der Waals surface area contributed by atoms with Crippen molar-refractivity contribution in [1.29, 1.82) is 0 Å². The van der Waals surface area contributed by atoms with Gasteiger partial charge in [0.2, 0.25) is 0 Å². The minimum atomic E-state index is 0.874. The highest BCUT2D eigenvalue weighted by molar-refractivity contribution is 4.95. The molecule has 1 N–H and O–H groups in total. The molecule has 0 spiro atoms. The van der Waals surface area contributed by atoms with Crippen molar-refractivity contribution in [2.24, 2.45) is 0 Å². The van der Waals surface area contributed by atoms with Gasteiger partial charge in [-0.2, -0.15) is 0 Å². The molecule has 0 aliphatic carbocycles. The van der Waals surface area contributed by atoms with Gasteiger partial charge in [0.1, 0.15) is 5.76 Å². The minimum Gasteiger partial charge on any atom is -0.497 e. The van der Waals surface area contributed by atoms with E-state index in [1.807, 2.05) is 0 Å².